The fraction of sp³-hybridized carbons (Fsp3) is 0.391. The summed E-state index contributed by atoms with van der Waals surface area (Å²) in [6.07, 6.45) is 2.44. The molecule has 7 heteroatoms. The van der Waals surface area contributed by atoms with Crippen LogP contribution in [0.25, 0.3) is 0 Å². The number of carbonyl (C=O) groups excluding carboxylic acids is 1. The lowest BCUT2D eigenvalue weighted by Crippen LogP contribution is -2.40. The van der Waals surface area contributed by atoms with Crippen molar-refractivity contribution in [2.45, 2.75) is 36.5 Å². The molecule has 2 atom stereocenters. The fourth-order valence-electron chi connectivity index (χ4n) is 3.85. The van der Waals surface area contributed by atoms with Crippen molar-refractivity contribution >= 4 is 29.0 Å². The molecule has 0 unspecified atom stereocenters. The third-order valence-electron chi connectivity index (χ3n) is 5.46. The molecule has 1 aliphatic rings. The number of piperidine rings is 1. The number of carbonyl (C=O) groups is 1. The normalized spacial score (nSPS) is 18.9. The van der Waals surface area contributed by atoms with E-state index in [4.69, 9.17) is 4.52 Å². The number of rotatable bonds is 9. The number of nitrogens with zero attached hydrogens (tertiary/aromatic N) is 1. The summed E-state index contributed by atoms with van der Waals surface area (Å²) in [5.74, 6) is 2.57. The SMILES string of the molecule is O=C(C[C@@H]1CCNC[C@@H]1Cc1cc(CSc2ccccc2)on1)NCc1cccs1. The number of hydrogen-bond donors (Lipinski definition) is 2. The number of aromatic nitrogens is 1. The summed E-state index contributed by atoms with van der Waals surface area (Å²) in [6.45, 7) is 2.51. The molecular weight excluding hydrogens is 414 g/mol. The van der Waals surface area contributed by atoms with Gasteiger partial charge >= 0.3 is 0 Å². The Morgan fingerprint density at radius 3 is 2.97 bits per heavy atom. The van der Waals surface area contributed by atoms with Crippen LogP contribution in [0, 0.1) is 11.8 Å². The molecule has 2 aromatic heterocycles. The zero-order chi connectivity index (χ0) is 20.6. The molecular formula is C23H27N3O2S2. The van der Waals surface area contributed by atoms with Crippen molar-refractivity contribution in [3.63, 3.8) is 0 Å². The van der Waals surface area contributed by atoms with Crippen molar-refractivity contribution in [2.75, 3.05) is 13.1 Å². The molecule has 30 heavy (non-hydrogen) atoms. The van der Waals surface area contributed by atoms with Crippen molar-refractivity contribution in [2.24, 2.45) is 11.8 Å². The minimum Gasteiger partial charge on any atom is -0.360 e. The number of benzene rings is 1. The lowest BCUT2D eigenvalue weighted by molar-refractivity contribution is -0.122. The maximum absolute atomic E-state index is 12.5. The van der Waals surface area contributed by atoms with Gasteiger partial charge < -0.3 is 15.2 Å². The van der Waals surface area contributed by atoms with Crippen LogP contribution in [0.3, 0.4) is 0 Å². The topological polar surface area (TPSA) is 67.2 Å². The van der Waals surface area contributed by atoms with E-state index in [1.54, 1.807) is 23.1 Å². The van der Waals surface area contributed by atoms with E-state index in [1.807, 2.05) is 29.6 Å². The number of thioether (sulfide) groups is 1. The molecule has 3 aromatic rings. The van der Waals surface area contributed by atoms with Crippen molar-refractivity contribution in [1.82, 2.24) is 15.8 Å². The van der Waals surface area contributed by atoms with Crippen LogP contribution in [-0.4, -0.2) is 24.2 Å². The number of amides is 1. The monoisotopic (exact) mass is 441 g/mol. The highest BCUT2D eigenvalue weighted by Crippen LogP contribution is 2.28. The molecule has 1 amide bonds. The second-order valence-electron chi connectivity index (χ2n) is 7.66. The van der Waals surface area contributed by atoms with E-state index < -0.39 is 0 Å². The van der Waals surface area contributed by atoms with Crippen LogP contribution in [0.5, 0.6) is 0 Å². The van der Waals surface area contributed by atoms with Crippen molar-refractivity contribution < 1.29 is 9.32 Å². The largest absolute Gasteiger partial charge is 0.360 e. The summed E-state index contributed by atoms with van der Waals surface area (Å²) >= 11 is 3.42. The summed E-state index contributed by atoms with van der Waals surface area (Å²) in [5, 5.41) is 12.9. The fourth-order valence-corrected chi connectivity index (χ4v) is 5.29. The lowest BCUT2D eigenvalue weighted by atomic mass is 9.81. The van der Waals surface area contributed by atoms with E-state index >= 15 is 0 Å². The Balaban J connectivity index is 1.27. The number of hydrogen-bond acceptors (Lipinski definition) is 6. The number of thiophene rings is 1. The van der Waals surface area contributed by atoms with E-state index in [2.05, 4.69) is 40.1 Å². The molecule has 158 valence electrons. The van der Waals surface area contributed by atoms with Gasteiger partial charge in [0.25, 0.3) is 0 Å². The Hall–Kier alpha value is -2.09. The van der Waals surface area contributed by atoms with E-state index in [0.29, 0.717) is 24.8 Å². The molecule has 1 aromatic carbocycles. The van der Waals surface area contributed by atoms with Crippen LogP contribution in [-0.2, 0) is 23.5 Å². The van der Waals surface area contributed by atoms with Gasteiger partial charge in [-0.2, -0.15) is 0 Å². The van der Waals surface area contributed by atoms with Gasteiger partial charge in [0, 0.05) is 22.3 Å². The summed E-state index contributed by atoms with van der Waals surface area (Å²) in [7, 11) is 0. The highest BCUT2D eigenvalue weighted by Gasteiger charge is 2.28. The highest BCUT2D eigenvalue weighted by molar-refractivity contribution is 7.98. The minimum atomic E-state index is 0.139. The molecule has 5 nitrogen and oxygen atoms in total. The second kappa shape index (κ2) is 10.8. The van der Waals surface area contributed by atoms with Crippen LogP contribution in [0.1, 0.15) is 29.2 Å². The molecule has 0 radical (unpaired) electrons. The zero-order valence-corrected chi connectivity index (χ0v) is 18.5. The smallest absolute Gasteiger partial charge is 0.220 e. The van der Waals surface area contributed by atoms with Crippen LogP contribution in [0.15, 0.2) is 63.3 Å². The Morgan fingerprint density at radius 2 is 2.13 bits per heavy atom. The predicted molar refractivity (Wildman–Crippen MR) is 121 cm³/mol. The Morgan fingerprint density at radius 1 is 1.23 bits per heavy atom. The summed E-state index contributed by atoms with van der Waals surface area (Å²) in [5.41, 5.74) is 0.983. The number of nitrogens with one attached hydrogen (secondary N) is 2. The van der Waals surface area contributed by atoms with E-state index in [1.165, 1.54) is 9.77 Å². The van der Waals surface area contributed by atoms with Gasteiger partial charge in [-0.3, -0.25) is 4.79 Å². The van der Waals surface area contributed by atoms with Gasteiger partial charge in [0.05, 0.1) is 18.0 Å². The third kappa shape index (κ3) is 6.20. The van der Waals surface area contributed by atoms with E-state index in [0.717, 1.165) is 43.1 Å². The minimum absolute atomic E-state index is 0.139. The van der Waals surface area contributed by atoms with Crippen LogP contribution >= 0.6 is 23.1 Å². The second-order valence-corrected chi connectivity index (χ2v) is 9.74. The summed E-state index contributed by atoms with van der Waals surface area (Å²) in [6, 6.07) is 16.4. The molecule has 0 aliphatic carbocycles. The van der Waals surface area contributed by atoms with Crippen LogP contribution in [0.2, 0.25) is 0 Å². The average Bonchev–Trinajstić information content (AvgIpc) is 3.45. The summed E-state index contributed by atoms with van der Waals surface area (Å²) < 4.78 is 5.55. The van der Waals surface area contributed by atoms with Gasteiger partial charge in [-0.25, -0.2) is 0 Å². The Kier molecular flexibility index (Phi) is 7.61. The quantitative estimate of drug-likeness (QED) is 0.479. The molecule has 3 heterocycles. The van der Waals surface area contributed by atoms with Gasteiger partial charge in [0.1, 0.15) is 5.76 Å². The Bertz CT molecular complexity index is 912. The van der Waals surface area contributed by atoms with Crippen molar-refractivity contribution in [1.29, 1.82) is 0 Å². The van der Waals surface area contributed by atoms with Crippen LogP contribution in [0.4, 0.5) is 0 Å². The van der Waals surface area contributed by atoms with Gasteiger partial charge in [-0.05, 0) is 61.3 Å². The first-order valence-corrected chi connectivity index (χ1v) is 12.2. The predicted octanol–water partition coefficient (Wildman–Crippen LogP) is 4.50. The van der Waals surface area contributed by atoms with Crippen molar-refractivity contribution in [3.05, 3.63) is 70.2 Å². The molecule has 0 saturated carbocycles. The van der Waals surface area contributed by atoms with E-state index in [9.17, 15) is 4.79 Å². The molecule has 4 rings (SSSR count). The first-order chi connectivity index (χ1) is 14.8. The first-order valence-electron chi connectivity index (χ1n) is 10.4. The van der Waals surface area contributed by atoms with Gasteiger partial charge in [-0.1, -0.05) is 29.4 Å². The lowest BCUT2D eigenvalue weighted by Gasteiger charge is -2.31. The zero-order valence-electron chi connectivity index (χ0n) is 16.9. The highest BCUT2D eigenvalue weighted by atomic mass is 32.2. The average molecular weight is 442 g/mol. The van der Waals surface area contributed by atoms with Crippen molar-refractivity contribution in [3.8, 4) is 0 Å². The van der Waals surface area contributed by atoms with Gasteiger partial charge in [-0.15, -0.1) is 23.1 Å². The molecule has 0 spiro atoms. The molecule has 1 saturated heterocycles. The summed E-state index contributed by atoms with van der Waals surface area (Å²) in [4.78, 5) is 14.9. The van der Waals surface area contributed by atoms with Gasteiger partial charge in [0.15, 0.2) is 0 Å². The maximum atomic E-state index is 12.5. The maximum Gasteiger partial charge on any atom is 0.220 e. The standard InChI is InChI=1S/C23H27N3O2S2/c27-23(25-15-22-7-4-10-29-22)12-17-8-9-24-14-18(17)11-19-13-20(28-26-19)16-30-21-5-2-1-3-6-21/h1-7,10,13,17-18,24H,8-9,11-12,14-16H2,(H,25,27)/t17-,18-/m0/s1. The van der Waals surface area contributed by atoms with E-state index in [-0.39, 0.29) is 5.91 Å². The molecule has 1 aliphatic heterocycles. The van der Waals surface area contributed by atoms with Crippen LogP contribution < -0.4 is 10.6 Å². The third-order valence-corrected chi connectivity index (χ3v) is 7.37. The molecule has 2 N–H and O–H groups in total. The first kappa shape index (κ1) is 21.2. The Labute approximate surface area is 185 Å². The van der Waals surface area contributed by atoms with Gasteiger partial charge in [0.2, 0.25) is 5.91 Å². The molecule has 1 fully saturated rings. The molecule has 0 bridgehead atoms.